The lowest BCUT2D eigenvalue weighted by molar-refractivity contribution is 0.358. The topological polar surface area (TPSA) is 0 Å². The first-order chi connectivity index (χ1) is 12.8. The second-order valence-electron chi connectivity index (χ2n) is 10.1. The zero-order valence-corrected chi connectivity index (χ0v) is 15.4. The molecule has 4 bridgehead atoms. The molecular formula is C26H24. The Morgan fingerprint density at radius 1 is 0.462 bits per heavy atom. The molecule has 2 unspecified atom stereocenters. The summed E-state index contributed by atoms with van der Waals surface area (Å²) >= 11 is 0. The predicted molar refractivity (Wildman–Crippen MR) is 103 cm³/mol. The van der Waals surface area contributed by atoms with Crippen LogP contribution in [0, 0.1) is 35.5 Å². The quantitative estimate of drug-likeness (QED) is 0.530. The molecule has 8 aliphatic rings. The second kappa shape index (κ2) is 3.88. The number of benzene rings is 2. The van der Waals surface area contributed by atoms with Gasteiger partial charge in [0, 0.05) is 23.7 Å². The van der Waals surface area contributed by atoms with Crippen molar-refractivity contribution in [3.63, 3.8) is 0 Å². The molecule has 128 valence electrons. The molecule has 10 atom stereocenters. The number of hydrogen-bond donors (Lipinski definition) is 0. The van der Waals surface area contributed by atoms with Crippen LogP contribution < -0.4 is 0 Å². The van der Waals surface area contributed by atoms with Crippen LogP contribution in [0.3, 0.4) is 0 Å². The van der Waals surface area contributed by atoms with Crippen molar-refractivity contribution in [3.05, 3.63) is 81.9 Å². The maximum atomic E-state index is 2.54. The largest absolute Gasteiger partial charge is 0.0620 e. The van der Waals surface area contributed by atoms with Gasteiger partial charge in [-0.05, 0) is 57.8 Å². The predicted octanol–water partition coefficient (Wildman–Crippen LogP) is 5.84. The molecule has 0 amide bonds. The van der Waals surface area contributed by atoms with Crippen molar-refractivity contribution in [3.8, 4) is 0 Å². The molecule has 0 saturated heterocycles. The van der Waals surface area contributed by atoms with Crippen molar-refractivity contribution in [1.29, 1.82) is 0 Å². The van der Waals surface area contributed by atoms with Crippen LogP contribution in [0.2, 0.25) is 0 Å². The van der Waals surface area contributed by atoms with E-state index in [0.29, 0.717) is 0 Å². The lowest BCUT2D eigenvalue weighted by Gasteiger charge is -2.53. The molecule has 0 spiro atoms. The monoisotopic (exact) mass is 336 g/mol. The standard InChI is InChI=1S/C26H24/c1-11-17-18(11)22-14-8-4-3-7-13(14)21(17)25-23-15-9-5-6-10-16(15)24(26(22)25)20-12(2)19(20)23/h3-12,17-24H,1-2H3/t11?,12?,17-,18+,19+,20-,21+,22-,23-,24+. The van der Waals surface area contributed by atoms with Crippen LogP contribution in [0.1, 0.15) is 59.8 Å². The highest BCUT2D eigenvalue weighted by molar-refractivity contribution is 5.67. The summed E-state index contributed by atoms with van der Waals surface area (Å²) in [6.07, 6.45) is 0. The Labute approximate surface area is 155 Å². The summed E-state index contributed by atoms with van der Waals surface area (Å²) in [6.45, 7) is 5.08. The second-order valence-corrected chi connectivity index (χ2v) is 10.1. The van der Waals surface area contributed by atoms with Crippen LogP contribution in [-0.2, 0) is 0 Å². The third-order valence-corrected chi connectivity index (χ3v) is 9.58. The van der Waals surface area contributed by atoms with Gasteiger partial charge in [0.2, 0.25) is 0 Å². The molecule has 2 saturated carbocycles. The van der Waals surface area contributed by atoms with E-state index in [2.05, 4.69) is 62.4 Å². The minimum atomic E-state index is 0.737. The molecular weight excluding hydrogens is 312 g/mol. The van der Waals surface area contributed by atoms with E-state index in [4.69, 9.17) is 0 Å². The van der Waals surface area contributed by atoms with Gasteiger partial charge in [-0.25, -0.2) is 0 Å². The van der Waals surface area contributed by atoms with Crippen molar-refractivity contribution >= 4 is 0 Å². The maximum absolute atomic E-state index is 2.54. The SMILES string of the molecule is CC1[C@@H]2[C@H]1[C@@H]1C3=C([C@@H]4c5ccccc5[C@H]3[C@@H]3C(C)[C@@H]34)[C@H]2c2ccccc21. The Balaban J connectivity index is 1.46. The average Bonchev–Trinajstić information content (AvgIpc) is 3.58. The van der Waals surface area contributed by atoms with E-state index in [1.807, 2.05) is 11.1 Å². The summed E-state index contributed by atoms with van der Waals surface area (Å²) in [5, 5.41) is 0. The number of hydrogen-bond acceptors (Lipinski definition) is 0. The van der Waals surface area contributed by atoms with Gasteiger partial charge in [-0.1, -0.05) is 73.5 Å². The lowest BCUT2D eigenvalue weighted by Crippen LogP contribution is -2.39. The van der Waals surface area contributed by atoms with Crippen LogP contribution in [0.4, 0.5) is 0 Å². The molecule has 0 nitrogen and oxygen atoms in total. The highest BCUT2D eigenvalue weighted by Crippen LogP contribution is 2.82. The molecule has 0 heterocycles. The van der Waals surface area contributed by atoms with Gasteiger partial charge in [0.05, 0.1) is 0 Å². The van der Waals surface area contributed by atoms with E-state index in [-0.39, 0.29) is 0 Å². The Hall–Kier alpha value is -1.82. The number of rotatable bonds is 0. The highest BCUT2D eigenvalue weighted by Gasteiger charge is 2.72. The molecule has 2 aromatic carbocycles. The Morgan fingerprint density at radius 3 is 1.00 bits per heavy atom. The third-order valence-electron chi connectivity index (χ3n) is 9.58. The van der Waals surface area contributed by atoms with Crippen molar-refractivity contribution in [1.82, 2.24) is 0 Å². The summed E-state index contributed by atoms with van der Waals surface area (Å²) in [6, 6.07) is 19.1. The van der Waals surface area contributed by atoms with Crippen molar-refractivity contribution < 1.29 is 0 Å². The van der Waals surface area contributed by atoms with Crippen LogP contribution in [0.25, 0.3) is 0 Å². The fourth-order valence-electron chi connectivity index (χ4n) is 8.74. The lowest BCUT2D eigenvalue weighted by atomic mass is 9.51. The van der Waals surface area contributed by atoms with E-state index in [1.165, 1.54) is 0 Å². The van der Waals surface area contributed by atoms with Crippen molar-refractivity contribution in [2.45, 2.75) is 37.5 Å². The summed E-state index contributed by atoms with van der Waals surface area (Å²) in [5.41, 5.74) is 10.7. The summed E-state index contributed by atoms with van der Waals surface area (Å²) in [7, 11) is 0. The van der Waals surface area contributed by atoms with Gasteiger partial charge in [-0.3, -0.25) is 0 Å². The minimum absolute atomic E-state index is 0.737. The highest BCUT2D eigenvalue weighted by atomic mass is 14.8. The Kier molecular flexibility index (Phi) is 2.00. The summed E-state index contributed by atoms with van der Waals surface area (Å²) in [5.74, 6) is 8.53. The van der Waals surface area contributed by atoms with Gasteiger partial charge in [0.25, 0.3) is 0 Å². The van der Waals surface area contributed by atoms with E-state index in [9.17, 15) is 0 Å². The van der Waals surface area contributed by atoms with Crippen LogP contribution in [0.15, 0.2) is 59.7 Å². The first kappa shape index (κ1) is 13.4. The first-order valence-electron chi connectivity index (χ1n) is 10.7. The van der Waals surface area contributed by atoms with Crippen molar-refractivity contribution in [2.24, 2.45) is 35.5 Å². The summed E-state index contributed by atoms with van der Waals surface area (Å²) in [4.78, 5) is 0. The molecule has 0 aliphatic heterocycles. The first-order valence-corrected chi connectivity index (χ1v) is 10.7. The van der Waals surface area contributed by atoms with E-state index in [0.717, 1.165) is 59.2 Å². The molecule has 8 aliphatic carbocycles. The van der Waals surface area contributed by atoms with E-state index in [1.54, 1.807) is 22.3 Å². The molecule has 2 aromatic rings. The van der Waals surface area contributed by atoms with E-state index >= 15 is 0 Å². The zero-order chi connectivity index (χ0) is 16.9. The fraction of sp³-hybridized carbons (Fsp3) is 0.462. The normalized spacial score (nSPS) is 49.8. The zero-order valence-electron chi connectivity index (χ0n) is 15.4. The van der Waals surface area contributed by atoms with Gasteiger partial charge in [0.15, 0.2) is 0 Å². The van der Waals surface area contributed by atoms with Crippen molar-refractivity contribution in [2.75, 3.05) is 0 Å². The van der Waals surface area contributed by atoms with Gasteiger partial charge in [-0.15, -0.1) is 0 Å². The van der Waals surface area contributed by atoms with Crippen LogP contribution in [0.5, 0.6) is 0 Å². The average molecular weight is 336 g/mol. The molecule has 0 radical (unpaired) electrons. The molecule has 10 rings (SSSR count). The minimum Gasteiger partial charge on any atom is -0.0620 e. The molecule has 26 heavy (non-hydrogen) atoms. The van der Waals surface area contributed by atoms with Gasteiger partial charge in [0.1, 0.15) is 0 Å². The van der Waals surface area contributed by atoms with Crippen LogP contribution >= 0.6 is 0 Å². The summed E-state index contributed by atoms with van der Waals surface area (Å²) < 4.78 is 0. The maximum Gasteiger partial charge on any atom is 0.00944 e. The molecule has 0 aromatic heterocycles. The molecule has 2 fully saturated rings. The Morgan fingerprint density at radius 2 is 0.731 bits per heavy atom. The van der Waals surface area contributed by atoms with Gasteiger partial charge < -0.3 is 0 Å². The van der Waals surface area contributed by atoms with E-state index < -0.39 is 0 Å². The van der Waals surface area contributed by atoms with Gasteiger partial charge >= 0.3 is 0 Å². The van der Waals surface area contributed by atoms with Gasteiger partial charge in [-0.2, -0.15) is 0 Å². The van der Waals surface area contributed by atoms with Crippen LogP contribution in [-0.4, -0.2) is 0 Å². The molecule has 0 N–H and O–H groups in total. The number of allylic oxidation sites excluding steroid dienone is 2. The smallest absolute Gasteiger partial charge is 0.00944 e. The fourth-order valence-corrected chi connectivity index (χ4v) is 8.74. The Bertz CT molecular complexity index is 880. The molecule has 0 heteroatoms. The third kappa shape index (κ3) is 1.17.